The number of nitrogens with one attached hydrogen (secondary N) is 1. The van der Waals surface area contributed by atoms with Crippen molar-refractivity contribution in [2.75, 3.05) is 19.5 Å². The lowest BCUT2D eigenvalue weighted by atomic mass is 10.4. The van der Waals surface area contributed by atoms with Crippen LogP contribution in [0.3, 0.4) is 0 Å². The van der Waals surface area contributed by atoms with E-state index in [0.717, 1.165) is 0 Å². The zero-order chi connectivity index (χ0) is 11.5. The van der Waals surface area contributed by atoms with Crippen LogP contribution in [-0.2, 0) is 7.05 Å². The molecule has 0 fully saturated rings. The third-order valence-corrected chi connectivity index (χ3v) is 1.96. The van der Waals surface area contributed by atoms with Crippen molar-refractivity contribution >= 4 is 5.95 Å². The Morgan fingerprint density at radius 2 is 2.12 bits per heavy atom. The minimum atomic E-state index is 0.246. The highest BCUT2D eigenvalue weighted by Crippen LogP contribution is 2.16. The Kier molecular flexibility index (Phi) is 2.63. The largest absolute Gasteiger partial charge is 0.467 e. The molecule has 8 heteroatoms. The summed E-state index contributed by atoms with van der Waals surface area (Å²) in [5.41, 5.74) is 0.692. The van der Waals surface area contributed by atoms with Crippen LogP contribution in [0, 0.1) is 0 Å². The minimum absolute atomic E-state index is 0.246. The maximum absolute atomic E-state index is 4.98. The summed E-state index contributed by atoms with van der Waals surface area (Å²) in [7, 11) is 4.98. The fourth-order valence-electron chi connectivity index (χ4n) is 1.17. The quantitative estimate of drug-likeness (QED) is 0.761. The molecule has 2 rings (SSSR count). The Morgan fingerprint density at radius 1 is 1.31 bits per heavy atom. The molecule has 0 bridgehead atoms. The first-order chi connectivity index (χ1) is 7.74. The number of methoxy groups -OCH3 is 1. The first kappa shape index (κ1) is 10.3. The van der Waals surface area contributed by atoms with Gasteiger partial charge in [-0.25, -0.2) is 4.68 Å². The summed E-state index contributed by atoms with van der Waals surface area (Å²) in [5, 5.41) is 10.4. The third kappa shape index (κ3) is 1.76. The molecule has 0 aliphatic carbocycles. The highest BCUT2D eigenvalue weighted by atomic mass is 16.5. The van der Waals surface area contributed by atoms with Gasteiger partial charge in [0.05, 0.1) is 13.3 Å². The van der Waals surface area contributed by atoms with E-state index in [-0.39, 0.29) is 6.01 Å². The molecular weight excluding hydrogens is 210 g/mol. The van der Waals surface area contributed by atoms with Crippen LogP contribution in [0.1, 0.15) is 0 Å². The minimum Gasteiger partial charge on any atom is -0.467 e. The average Bonchev–Trinajstić information content (AvgIpc) is 2.74. The first-order valence-corrected chi connectivity index (χ1v) is 4.57. The molecule has 84 valence electrons. The van der Waals surface area contributed by atoms with Gasteiger partial charge < -0.3 is 10.1 Å². The summed E-state index contributed by atoms with van der Waals surface area (Å²) >= 11 is 0. The lowest BCUT2D eigenvalue weighted by Crippen LogP contribution is -2.05. The summed E-state index contributed by atoms with van der Waals surface area (Å²) in [4.78, 5) is 12.3. The lowest BCUT2D eigenvalue weighted by Gasteiger charge is -2.04. The van der Waals surface area contributed by atoms with Crippen LogP contribution in [0.25, 0.3) is 11.5 Å². The molecule has 2 heterocycles. The van der Waals surface area contributed by atoms with Gasteiger partial charge in [-0.1, -0.05) is 5.21 Å². The Hall–Kier alpha value is -2.25. The van der Waals surface area contributed by atoms with E-state index in [1.54, 1.807) is 25.0 Å². The number of hydrogen-bond donors (Lipinski definition) is 1. The molecule has 0 saturated heterocycles. The van der Waals surface area contributed by atoms with E-state index in [9.17, 15) is 0 Å². The molecule has 0 atom stereocenters. The molecule has 1 N–H and O–H groups in total. The Labute approximate surface area is 91.7 Å². The topological polar surface area (TPSA) is 90.6 Å². The normalized spacial score (nSPS) is 10.2. The molecule has 0 amide bonds. The van der Waals surface area contributed by atoms with Crippen molar-refractivity contribution in [1.82, 2.24) is 29.9 Å². The van der Waals surface area contributed by atoms with Crippen molar-refractivity contribution in [3.05, 3.63) is 6.20 Å². The van der Waals surface area contributed by atoms with Gasteiger partial charge in [0.2, 0.25) is 5.95 Å². The number of hydrogen-bond acceptors (Lipinski definition) is 7. The number of aromatic nitrogens is 6. The Morgan fingerprint density at radius 3 is 2.69 bits per heavy atom. The van der Waals surface area contributed by atoms with Gasteiger partial charge in [0, 0.05) is 14.1 Å². The number of ether oxygens (including phenoxy) is 1. The second kappa shape index (κ2) is 4.09. The summed E-state index contributed by atoms with van der Waals surface area (Å²) in [5.74, 6) is 0.895. The van der Waals surface area contributed by atoms with Gasteiger partial charge in [0.15, 0.2) is 5.82 Å². The predicted octanol–water partition coefficient (Wildman–Crippen LogP) is -0.283. The molecule has 0 unspecified atom stereocenters. The summed E-state index contributed by atoms with van der Waals surface area (Å²) in [6, 6.07) is 0.246. The van der Waals surface area contributed by atoms with E-state index >= 15 is 0 Å². The molecule has 16 heavy (non-hydrogen) atoms. The zero-order valence-electron chi connectivity index (χ0n) is 9.17. The van der Waals surface area contributed by atoms with E-state index in [4.69, 9.17) is 4.74 Å². The molecule has 8 nitrogen and oxygen atoms in total. The van der Waals surface area contributed by atoms with Gasteiger partial charge in [-0.15, -0.1) is 5.10 Å². The predicted molar refractivity (Wildman–Crippen MR) is 55.9 cm³/mol. The molecule has 2 aromatic heterocycles. The van der Waals surface area contributed by atoms with Gasteiger partial charge in [-0.3, -0.25) is 0 Å². The van der Waals surface area contributed by atoms with Crippen LogP contribution in [-0.4, -0.2) is 44.1 Å². The molecule has 0 aliphatic rings. The van der Waals surface area contributed by atoms with Crippen LogP contribution in [0.5, 0.6) is 6.01 Å². The second-order valence-corrected chi connectivity index (χ2v) is 2.96. The van der Waals surface area contributed by atoms with Crippen LogP contribution in [0.4, 0.5) is 5.95 Å². The SMILES string of the molecule is CNc1nc(OC)nc(-c2cnnn2C)n1. The molecule has 2 aromatic rings. The maximum atomic E-state index is 4.98. The van der Waals surface area contributed by atoms with Gasteiger partial charge in [-0.05, 0) is 0 Å². The van der Waals surface area contributed by atoms with E-state index in [0.29, 0.717) is 17.5 Å². The fraction of sp³-hybridized carbons (Fsp3) is 0.375. The monoisotopic (exact) mass is 221 g/mol. The summed E-state index contributed by atoms with van der Waals surface area (Å²) in [6.45, 7) is 0. The van der Waals surface area contributed by atoms with Crippen molar-refractivity contribution in [1.29, 1.82) is 0 Å². The van der Waals surface area contributed by atoms with E-state index in [2.05, 4.69) is 30.6 Å². The first-order valence-electron chi connectivity index (χ1n) is 4.57. The Bertz CT molecular complexity index is 473. The molecular formula is C8H11N7O. The van der Waals surface area contributed by atoms with E-state index < -0.39 is 0 Å². The lowest BCUT2D eigenvalue weighted by molar-refractivity contribution is 0.379. The maximum Gasteiger partial charge on any atom is 0.321 e. The Balaban J connectivity index is 2.52. The summed E-state index contributed by atoms with van der Waals surface area (Å²) in [6.07, 6.45) is 1.58. The molecule has 0 saturated carbocycles. The number of anilines is 1. The number of aryl methyl sites for hydroxylation is 1. The molecule has 0 radical (unpaired) electrons. The molecule has 0 spiro atoms. The molecule has 0 aromatic carbocycles. The van der Waals surface area contributed by atoms with Crippen molar-refractivity contribution in [3.63, 3.8) is 0 Å². The van der Waals surface area contributed by atoms with Crippen molar-refractivity contribution in [2.24, 2.45) is 7.05 Å². The number of nitrogens with zero attached hydrogens (tertiary/aromatic N) is 6. The standard InChI is InChI=1S/C8H11N7O/c1-9-7-11-6(12-8(13-7)16-3)5-4-10-14-15(5)2/h4H,1-3H3,(H,9,11,12,13). The summed E-state index contributed by atoms with van der Waals surface area (Å²) < 4.78 is 6.56. The van der Waals surface area contributed by atoms with Gasteiger partial charge in [0.25, 0.3) is 0 Å². The third-order valence-electron chi connectivity index (χ3n) is 1.96. The zero-order valence-corrected chi connectivity index (χ0v) is 9.17. The fourth-order valence-corrected chi connectivity index (χ4v) is 1.17. The van der Waals surface area contributed by atoms with Crippen molar-refractivity contribution in [2.45, 2.75) is 0 Å². The highest BCUT2D eigenvalue weighted by molar-refractivity contribution is 5.50. The van der Waals surface area contributed by atoms with E-state index in [1.807, 2.05) is 0 Å². The van der Waals surface area contributed by atoms with Crippen molar-refractivity contribution in [3.8, 4) is 17.5 Å². The van der Waals surface area contributed by atoms with Gasteiger partial charge in [0.1, 0.15) is 5.69 Å². The van der Waals surface area contributed by atoms with Gasteiger partial charge >= 0.3 is 6.01 Å². The van der Waals surface area contributed by atoms with Crippen molar-refractivity contribution < 1.29 is 4.74 Å². The van der Waals surface area contributed by atoms with Crippen LogP contribution in [0.2, 0.25) is 0 Å². The second-order valence-electron chi connectivity index (χ2n) is 2.96. The van der Waals surface area contributed by atoms with Crippen LogP contribution >= 0.6 is 0 Å². The van der Waals surface area contributed by atoms with Crippen LogP contribution < -0.4 is 10.1 Å². The average molecular weight is 221 g/mol. The van der Waals surface area contributed by atoms with Crippen LogP contribution in [0.15, 0.2) is 6.20 Å². The number of rotatable bonds is 3. The van der Waals surface area contributed by atoms with Gasteiger partial charge in [-0.2, -0.15) is 15.0 Å². The smallest absolute Gasteiger partial charge is 0.321 e. The highest BCUT2D eigenvalue weighted by Gasteiger charge is 2.11. The molecule has 0 aliphatic heterocycles. The van der Waals surface area contributed by atoms with E-state index in [1.165, 1.54) is 7.11 Å².